The fourth-order valence-electron chi connectivity index (χ4n) is 3.55. The molecular weight excluding hydrogens is 204 g/mol. The van der Waals surface area contributed by atoms with Crippen LogP contribution in [0.3, 0.4) is 0 Å². The second-order valence-electron chi connectivity index (χ2n) is 5.66. The van der Waals surface area contributed by atoms with Gasteiger partial charge in [0.05, 0.1) is 0 Å². The molecule has 1 N–H and O–H groups in total. The topological polar surface area (TPSA) is 46.5 Å². The molecule has 2 aliphatic carbocycles. The maximum absolute atomic E-state index is 11.2. The average molecular weight is 224 g/mol. The van der Waals surface area contributed by atoms with Crippen molar-refractivity contribution in [2.24, 2.45) is 23.2 Å². The number of methoxy groups -OCH3 is 1. The molecule has 1 saturated carbocycles. The van der Waals surface area contributed by atoms with Gasteiger partial charge in [-0.15, -0.1) is 0 Å². The number of hydrogen-bond acceptors (Lipinski definition) is 2. The van der Waals surface area contributed by atoms with E-state index in [0.717, 1.165) is 6.42 Å². The predicted molar refractivity (Wildman–Crippen MR) is 61.1 cm³/mol. The van der Waals surface area contributed by atoms with Crippen molar-refractivity contribution in [2.75, 3.05) is 7.11 Å². The van der Waals surface area contributed by atoms with Crippen molar-refractivity contribution in [3.63, 3.8) is 0 Å². The van der Waals surface area contributed by atoms with Gasteiger partial charge in [-0.05, 0) is 30.6 Å². The van der Waals surface area contributed by atoms with E-state index >= 15 is 0 Å². The summed E-state index contributed by atoms with van der Waals surface area (Å²) in [5.41, 5.74) is -0.301. The zero-order valence-corrected chi connectivity index (χ0v) is 10.1. The second kappa shape index (κ2) is 3.88. The van der Waals surface area contributed by atoms with Gasteiger partial charge >= 0.3 is 5.97 Å². The van der Waals surface area contributed by atoms with E-state index in [1.54, 1.807) is 0 Å². The molecule has 3 nitrogen and oxygen atoms in total. The van der Waals surface area contributed by atoms with Crippen molar-refractivity contribution in [3.05, 3.63) is 12.2 Å². The second-order valence-corrected chi connectivity index (χ2v) is 5.66. The number of allylic oxidation sites excluding steroid dienone is 2. The van der Waals surface area contributed by atoms with Crippen LogP contribution in [0, 0.1) is 23.2 Å². The first-order valence-electron chi connectivity index (χ1n) is 5.90. The average Bonchev–Trinajstić information content (AvgIpc) is 2.78. The van der Waals surface area contributed by atoms with Gasteiger partial charge in [-0.25, -0.2) is 4.79 Å². The van der Waals surface area contributed by atoms with Gasteiger partial charge in [-0.2, -0.15) is 0 Å². The van der Waals surface area contributed by atoms with Crippen LogP contribution in [0.5, 0.6) is 0 Å². The minimum absolute atomic E-state index is 0.301. The highest BCUT2D eigenvalue weighted by Gasteiger charge is 2.49. The molecule has 0 heterocycles. The van der Waals surface area contributed by atoms with E-state index < -0.39 is 12.1 Å². The van der Waals surface area contributed by atoms with Gasteiger partial charge in [0.15, 0.2) is 6.10 Å². The Balaban J connectivity index is 2.18. The van der Waals surface area contributed by atoms with Crippen LogP contribution in [-0.4, -0.2) is 24.3 Å². The van der Waals surface area contributed by atoms with Gasteiger partial charge in [-0.3, -0.25) is 0 Å². The Morgan fingerprint density at radius 3 is 2.50 bits per heavy atom. The number of ether oxygens (including phenoxy) is 1. The normalized spacial score (nSPS) is 34.3. The minimum atomic E-state index is -0.848. The molecule has 0 amide bonds. The lowest BCUT2D eigenvalue weighted by Crippen LogP contribution is -2.44. The summed E-state index contributed by atoms with van der Waals surface area (Å²) in [4.78, 5) is 11.2. The Morgan fingerprint density at radius 2 is 2.12 bits per heavy atom. The molecule has 1 fully saturated rings. The van der Waals surface area contributed by atoms with Crippen LogP contribution in [0.4, 0.5) is 0 Å². The smallest absolute Gasteiger partial charge is 0.333 e. The highest BCUT2D eigenvalue weighted by Crippen LogP contribution is 2.52. The molecule has 16 heavy (non-hydrogen) atoms. The van der Waals surface area contributed by atoms with Crippen molar-refractivity contribution < 1.29 is 14.6 Å². The molecule has 3 heteroatoms. The van der Waals surface area contributed by atoms with Crippen molar-refractivity contribution in [1.82, 2.24) is 0 Å². The van der Waals surface area contributed by atoms with Crippen LogP contribution in [-0.2, 0) is 9.53 Å². The first kappa shape index (κ1) is 11.6. The number of carboxylic acids is 1. The van der Waals surface area contributed by atoms with E-state index in [2.05, 4.69) is 12.2 Å². The van der Waals surface area contributed by atoms with Crippen LogP contribution in [0.15, 0.2) is 12.2 Å². The third-order valence-corrected chi connectivity index (χ3v) is 4.37. The minimum Gasteiger partial charge on any atom is -0.479 e. The Bertz CT molecular complexity index is 319. The summed E-state index contributed by atoms with van der Waals surface area (Å²) in [5, 5.41) is 9.20. The van der Waals surface area contributed by atoms with Gasteiger partial charge < -0.3 is 9.84 Å². The van der Waals surface area contributed by atoms with Gasteiger partial charge in [0.1, 0.15) is 0 Å². The lowest BCUT2D eigenvalue weighted by molar-refractivity contribution is -0.159. The van der Waals surface area contributed by atoms with Gasteiger partial charge in [-0.1, -0.05) is 26.0 Å². The zero-order valence-electron chi connectivity index (χ0n) is 10.1. The predicted octanol–water partition coefficient (Wildman–Crippen LogP) is 2.32. The Hall–Kier alpha value is -0.830. The van der Waals surface area contributed by atoms with Crippen molar-refractivity contribution in [3.8, 4) is 0 Å². The number of carboxylic acid groups (broad SMARTS) is 1. The van der Waals surface area contributed by atoms with Crippen LogP contribution in [0.25, 0.3) is 0 Å². The largest absolute Gasteiger partial charge is 0.479 e. The van der Waals surface area contributed by atoms with Crippen LogP contribution >= 0.6 is 0 Å². The number of rotatable bonds is 4. The van der Waals surface area contributed by atoms with Gasteiger partial charge in [0.25, 0.3) is 0 Å². The first-order chi connectivity index (χ1) is 7.46. The quantitative estimate of drug-likeness (QED) is 0.745. The molecule has 0 spiro atoms. The molecule has 0 aliphatic heterocycles. The summed E-state index contributed by atoms with van der Waals surface area (Å²) in [6.45, 7) is 4.04. The number of hydrogen-bond donors (Lipinski definition) is 1. The van der Waals surface area contributed by atoms with E-state index in [-0.39, 0.29) is 5.41 Å². The number of fused-ring (bicyclic) bond motifs is 2. The fraction of sp³-hybridized carbons (Fsp3) is 0.769. The van der Waals surface area contributed by atoms with E-state index in [0.29, 0.717) is 17.8 Å². The number of carbonyl (C=O) groups is 1. The first-order valence-corrected chi connectivity index (χ1v) is 5.90. The monoisotopic (exact) mass is 224 g/mol. The molecule has 2 rings (SSSR count). The highest BCUT2D eigenvalue weighted by molar-refractivity contribution is 5.73. The summed E-state index contributed by atoms with van der Waals surface area (Å²) < 4.78 is 5.17. The molecule has 90 valence electrons. The Kier molecular flexibility index (Phi) is 2.82. The van der Waals surface area contributed by atoms with E-state index in [9.17, 15) is 9.90 Å². The maximum Gasteiger partial charge on any atom is 0.333 e. The summed E-state index contributed by atoms with van der Waals surface area (Å²) in [6.07, 6.45) is 6.14. The summed E-state index contributed by atoms with van der Waals surface area (Å²) >= 11 is 0. The summed E-state index contributed by atoms with van der Waals surface area (Å²) in [7, 11) is 1.49. The molecule has 2 bridgehead atoms. The van der Waals surface area contributed by atoms with Crippen molar-refractivity contribution in [1.29, 1.82) is 0 Å². The van der Waals surface area contributed by atoms with Crippen LogP contribution in [0.1, 0.15) is 26.7 Å². The Morgan fingerprint density at radius 1 is 1.44 bits per heavy atom. The molecular formula is C13H20O3. The standard InChI is InChI=1S/C13H20O3/c1-13(2,11(16-3)12(14)15)10-7-8-4-5-9(10)6-8/h4-5,8-11H,6-7H2,1-3H3,(H,14,15). The van der Waals surface area contributed by atoms with Gasteiger partial charge in [0.2, 0.25) is 0 Å². The molecule has 0 radical (unpaired) electrons. The van der Waals surface area contributed by atoms with Crippen LogP contribution < -0.4 is 0 Å². The third-order valence-electron chi connectivity index (χ3n) is 4.37. The van der Waals surface area contributed by atoms with E-state index in [1.807, 2.05) is 13.8 Å². The molecule has 4 unspecified atom stereocenters. The lowest BCUT2D eigenvalue weighted by atomic mass is 9.68. The third kappa shape index (κ3) is 1.67. The van der Waals surface area contributed by atoms with E-state index in [4.69, 9.17) is 4.74 Å². The van der Waals surface area contributed by atoms with E-state index in [1.165, 1.54) is 13.5 Å². The summed E-state index contributed by atoms with van der Waals surface area (Å²) in [6, 6.07) is 0. The number of aliphatic carboxylic acids is 1. The molecule has 4 atom stereocenters. The molecule has 0 saturated heterocycles. The zero-order chi connectivity index (χ0) is 11.9. The van der Waals surface area contributed by atoms with Gasteiger partial charge in [0, 0.05) is 12.5 Å². The van der Waals surface area contributed by atoms with Crippen molar-refractivity contribution in [2.45, 2.75) is 32.8 Å². The lowest BCUT2D eigenvalue weighted by Gasteiger charge is -2.39. The Labute approximate surface area is 96.5 Å². The summed E-state index contributed by atoms with van der Waals surface area (Å²) in [5.74, 6) is 0.806. The highest BCUT2D eigenvalue weighted by atomic mass is 16.5. The molecule has 2 aliphatic rings. The van der Waals surface area contributed by atoms with Crippen molar-refractivity contribution >= 4 is 5.97 Å². The molecule has 0 aromatic heterocycles. The SMILES string of the molecule is COC(C(=O)O)C(C)(C)C1CC2C=CC1C2. The fourth-order valence-corrected chi connectivity index (χ4v) is 3.55. The van der Waals surface area contributed by atoms with Crippen LogP contribution in [0.2, 0.25) is 0 Å². The molecule has 0 aromatic rings. The maximum atomic E-state index is 11.2. The molecule has 0 aromatic carbocycles.